The van der Waals surface area contributed by atoms with Crippen molar-refractivity contribution in [3.8, 4) is 11.1 Å². The van der Waals surface area contributed by atoms with Gasteiger partial charge in [0, 0.05) is 29.2 Å². The number of carbonyl (C=O) groups is 1. The molecule has 0 fully saturated rings. The van der Waals surface area contributed by atoms with Crippen molar-refractivity contribution in [1.29, 1.82) is 0 Å². The first kappa shape index (κ1) is 26.2. The molecule has 0 aliphatic rings. The summed E-state index contributed by atoms with van der Waals surface area (Å²) in [7, 11) is 0. The Hall–Kier alpha value is -4.42. The zero-order valence-electron chi connectivity index (χ0n) is 21.7. The normalized spacial score (nSPS) is 10.9. The number of aryl methyl sites for hydroxylation is 1. The number of nitrogens with one attached hydrogen (secondary N) is 2. The predicted octanol–water partition coefficient (Wildman–Crippen LogP) is 7.04. The van der Waals surface area contributed by atoms with Crippen molar-refractivity contribution in [3.63, 3.8) is 0 Å². The molecule has 0 unspecified atom stereocenters. The molecule has 0 spiro atoms. The molecule has 0 saturated carbocycles. The van der Waals surface area contributed by atoms with Crippen LogP contribution in [0.25, 0.3) is 22.0 Å². The number of benzene rings is 4. The van der Waals surface area contributed by atoms with E-state index in [2.05, 4.69) is 17.6 Å². The van der Waals surface area contributed by atoms with Crippen LogP contribution in [0.15, 0.2) is 102 Å². The number of fused-ring (bicyclic) bond motifs is 1. The van der Waals surface area contributed by atoms with Gasteiger partial charge in [0.2, 0.25) is 0 Å². The highest BCUT2D eigenvalue weighted by atomic mass is 35.5. The van der Waals surface area contributed by atoms with Crippen molar-refractivity contribution in [1.82, 2.24) is 14.9 Å². The molecule has 39 heavy (non-hydrogen) atoms. The SMILES string of the molecule is CCCc1nc2ccc(NC(=O)NCc3ccccc3)cc2c(=O)n1Cc1ccc(-c2ccccc2Cl)cc1. The van der Waals surface area contributed by atoms with E-state index in [0.717, 1.165) is 34.5 Å². The van der Waals surface area contributed by atoms with Crippen molar-refractivity contribution in [2.24, 2.45) is 0 Å². The Morgan fingerprint density at radius 3 is 2.38 bits per heavy atom. The maximum Gasteiger partial charge on any atom is 0.319 e. The summed E-state index contributed by atoms with van der Waals surface area (Å²) in [4.78, 5) is 31.0. The monoisotopic (exact) mass is 536 g/mol. The summed E-state index contributed by atoms with van der Waals surface area (Å²) in [6.45, 7) is 2.87. The summed E-state index contributed by atoms with van der Waals surface area (Å²) in [5.41, 5.74) is 4.99. The Kier molecular flexibility index (Phi) is 8.04. The van der Waals surface area contributed by atoms with Gasteiger partial charge in [0.1, 0.15) is 5.82 Å². The van der Waals surface area contributed by atoms with E-state index < -0.39 is 0 Å². The van der Waals surface area contributed by atoms with E-state index >= 15 is 0 Å². The minimum absolute atomic E-state index is 0.132. The van der Waals surface area contributed by atoms with Crippen LogP contribution in [-0.2, 0) is 19.5 Å². The van der Waals surface area contributed by atoms with Crippen molar-refractivity contribution in [2.75, 3.05) is 5.32 Å². The van der Waals surface area contributed by atoms with Crippen LogP contribution in [0.2, 0.25) is 5.02 Å². The van der Waals surface area contributed by atoms with Crippen LogP contribution >= 0.6 is 11.6 Å². The maximum atomic E-state index is 13.7. The zero-order valence-corrected chi connectivity index (χ0v) is 22.4. The van der Waals surface area contributed by atoms with Gasteiger partial charge in [-0.2, -0.15) is 0 Å². The van der Waals surface area contributed by atoms with Crippen LogP contribution in [0.5, 0.6) is 0 Å². The maximum absolute atomic E-state index is 13.7. The fraction of sp³-hybridized carbons (Fsp3) is 0.156. The fourth-order valence-electron chi connectivity index (χ4n) is 4.54. The first-order valence-electron chi connectivity index (χ1n) is 13.0. The third kappa shape index (κ3) is 6.19. The Labute approximate surface area is 232 Å². The smallest absolute Gasteiger partial charge is 0.319 e. The average Bonchev–Trinajstić information content (AvgIpc) is 2.96. The van der Waals surface area contributed by atoms with Gasteiger partial charge in [-0.3, -0.25) is 9.36 Å². The summed E-state index contributed by atoms with van der Waals surface area (Å²) in [5, 5.41) is 6.83. The van der Waals surface area contributed by atoms with Gasteiger partial charge in [0.15, 0.2) is 0 Å². The van der Waals surface area contributed by atoms with Gasteiger partial charge in [0.05, 0.1) is 17.4 Å². The minimum atomic E-state index is -0.340. The molecule has 4 aromatic carbocycles. The number of aromatic nitrogens is 2. The van der Waals surface area contributed by atoms with Crippen molar-refractivity contribution >= 4 is 34.2 Å². The number of nitrogens with zero attached hydrogens (tertiary/aromatic N) is 2. The Balaban J connectivity index is 1.39. The number of carbonyl (C=O) groups excluding carboxylic acids is 1. The minimum Gasteiger partial charge on any atom is -0.334 e. The molecular weight excluding hydrogens is 508 g/mol. The number of rotatable bonds is 8. The van der Waals surface area contributed by atoms with E-state index in [1.165, 1.54) is 0 Å². The second-order valence-corrected chi connectivity index (χ2v) is 9.78. The van der Waals surface area contributed by atoms with E-state index in [0.29, 0.717) is 41.1 Å². The molecule has 2 amide bonds. The Bertz CT molecular complexity index is 1660. The Morgan fingerprint density at radius 2 is 1.64 bits per heavy atom. The topological polar surface area (TPSA) is 76.0 Å². The quantitative estimate of drug-likeness (QED) is 0.223. The van der Waals surface area contributed by atoms with Crippen molar-refractivity contribution < 1.29 is 4.79 Å². The number of urea groups is 1. The molecule has 196 valence electrons. The van der Waals surface area contributed by atoms with Gasteiger partial charge >= 0.3 is 6.03 Å². The van der Waals surface area contributed by atoms with Gasteiger partial charge in [-0.15, -0.1) is 0 Å². The van der Waals surface area contributed by atoms with Gasteiger partial charge in [-0.1, -0.05) is 91.3 Å². The lowest BCUT2D eigenvalue weighted by atomic mass is 10.0. The highest BCUT2D eigenvalue weighted by molar-refractivity contribution is 6.33. The lowest BCUT2D eigenvalue weighted by Gasteiger charge is -2.15. The summed E-state index contributed by atoms with van der Waals surface area (Å²) in [6.07, 6.45) is 1.55. The summed E-state index contributed by atoms with van der Waals surface area (Å²) in [6, 6.07) is 30.4. The third-order valence-electron chi connectivity index (χ3n) is 6.54. The second-order valence-electron chi connectivity index (χ2n) is 9.37. The molecule has 0 bridgehead atoms. The zero-order chi connectivity index (χ0) is 27.2. The highest BCUT2D eigenvalue weighted by Crippen LogP contribution is 2.27. The second kappa shape index (κ2) is 12.0. The largest absolute Gasteiger partial charge is 0.334 e. The molecule has 2 N–H and O–H groups in total. The van der Waals surface area contributed by atoms with Gasteiger partial charge in [-0.05, 0) is 47.4 Å². The predicted molar refractivity (Wildman–Crippen MR) is 158 cm³/mol. The molecule has 7 heteroatoms. The van der Waals surface area contributed by atoms with Crippen LogP contribution in [-0.4, -0.2) is 15.6 Å². The van der Waals surface area contributed by atoms with Gasteiger partial charge < -0.3 is 10.6 Å². The summed E-state index contributed by atoms with van der Waals surface area (Å²) >= 11 is 6.37. The molecule has 0 saturated heterocycles. The van der Waals surface area contributed by atoms with Crippen LogP contribution in [0, 0.1) is 0 Å². The molecule has 5 aromatic rings. The first-order valence-corrected chi connectivity index (χ1v) is 13.4. The third-order valence-corrected chi connectivity index (χ3v) is 6.87. The molecule has 0 radical (unpaired) electrons. The molecule has 5 rings (SSSR count). The van der Waals surface area contributed by atoms with Gasteiger partial charge in [0.25, 0.3) is 5.56 Å². The van der Waals surface area contributed by atoms with E-state index in [1.807, 2.05) is 78.9 Å². The first-order chi connectivity index (χ1) is 19.0. The van der Waals surface area contributed by atoms with Crippen LogP contribution < -0.4 is 16.2 Å². The average molecular weight is 537 g/mol. The molecule has 0 aliphatic carbocycles. The lowest BCUT2D eigenvalue weighted by Crippen LogP contribution is -2.28. The van der Waals surface area contributed by atoms with E-state index in [4.69, 9.17) is 16.6 Å². The van der Waals surface area contributed by atoms with Gasteiger partial charge in [-0.25, -0.2) is 9.78 Å². The highest BCUT2D eigenvalue weighted by Gasteiger charge is 2.13. The number of hydrogen-bond acceptors (Lipinski definition) is 3. The summed E-state index contributed by atoms with van der Waals surface area (Å²) < 4.78 is 1.73. The van der Waals surface area contributed by atoms with E-state index in [-0.39, 0.29) is 11.6 Å². The van der Waals surface area contributed by atoms with Crippen molar-refractivity contribution in [2.45, 2.75) is 32.9 Å². The molecule has 1 heterocycles. The van der Waals surface area contributed by atoms with Crippen molar-refractivity contribution in [3.05, 3.63) is 129 Å². The molecule has 1 aromatic heterocycles. The number of amides is 2. The Morgan fingerprint density at radius 1 is 0.897 bits per heavy atom. The molecule has 0 aliphatic heterocycles. The van der Waals surface area contributed by atoms with Crippen LogP contribution in [0.1, 0.15) is 30.3 Å². The van der Waals surface area contributed by atoms with E-state index in [1.54, 1.807) is 22.8 Å². The lowest BCUT2D eigenvalue weighted by molar-refractivity contribution is 0.251. The number of hydrogen-bond donors (Lipinski definition) is 2. The molecule has 0 atom stereocenters. The van der Waals surface area contributed by atoms with Crippen LogP contribution in [0.3, 0.4) is 0 Å². The van der Waals surface area contributed by atoms with E-state index in [9.17, 15) is 9.59 Å². The number of halogens is 1. The van der Waals surface area contributed by atoms with Crippen LogP contribution in [0.4, 0.5) is 10.5 Å². The standard InChI is InChI=1S/C32H29ClN4O2/c1-2-8-30-36-29-18-17-25(35-32(39)34-20-22-9-4-3-5-10-22)19-27(29)31(38)37(30)21-23-13-15-24(16-14-23)26-11-6-7-12-28(26)33/h3-7,9-19H,2,8,20-21H2,1H3,(H2,34,35,39). The molecular formula is C32H29ClN4O2. The molecule has 6 nitrogen and oxygen atoms in total. The fourth-order valence-corrected chi connectivity index (χ4v) is 4.79. The number of anilines is 1. The summed E-state index contributed by atoms with van der Waals surface area (Å²) in [5.74, 6) is 0.742.